The molecule has 4 fully saturated rings. The maximum Gasteiger partial charge on any atom is 0.309 e. The number of aliphatic carboxylic acids is 1. The number of carbonyl (C=O) groups is 1. The maximum absolute atomic E-state index is 11.7. The van der Waals surface area contributed by atoms with Crippen LogP contribution in [0, 0.1) is 11.3 Å². The Kier molecular flexibility index (Phi) is 5.92. The first-order valence-electron chi connectivity index (χ1n) is 12.7. The number of hydrogen-bond acceptors (Lipinski definition) is 3. The van der Waals surface area contributed by atoms with Gasteiger partial charge in [-0.05, 0) is 105 Å². The fourth-order valence-corrected chi connectivity index (χ4v) is 6.37. The van der Waals surface area contributed by atoms with Crippen LogP contribution in [0.15, 0.2) is 36.4 Å². The summed E-state index contributed by atoms with van der Waals surface area (Å²) in [5.41, 5.74) is 0.973. The zero-order valence-electron chi connectivity index (χ0n) is 19.4. The number of rotatable bonds is 7. The van der Waals surface area contributed by atoms with E-state index in [1.807, 2.05) is 0 Å². The van der Waals surface area contributed by atoms with Gasteiger partial charge in [0.05, 0.1) is 11.5 Å². The highest BCUT2D eigenvalue weighted by molar-refractivity contribution is 5.84. The van der Waals surface area contributed by atoms with Crippen LogP contribution in [0.4, 0.5) is 0 Å². The third-order valence-corrected chi connectivity index (χ3v) is 8.92. The zero-order valence-corrected chi connectivity index (χ0v) is 19.4. The third kappa shape index (κ3) is 4.26. The summed E-state index contributed by atoms with van der Waals surface area (Å²) in [5, 5.41) is 15.9. The van der Waals surface area contributed by atoms with Gasteiger partial charge in [-0.25, -0.2) is 0 Å². The normalized spacial score (nSPS) is 32.2. The molecule has 4 heteroatoms. The molecule has 2 N–H and O–H groups in total. The van der Waals surface area contributed by atoms with Crippen LogP contribution in [0.5, 0.6) is 5.75 Å². The highest BCUT2D eigenvalue weighted by atomic mass is 16.5. The highest BCUT2D eigenvalue weighted by Gasteiger charge is 2.52. The van der Waals surface area contributed by atoms with Gasteiger partial charge in [0.1, 0.15) is 5.75 Å². The van der Waals surface area contributed by atoms with Crippen molar-refractivity contribution in [3.63, 3.8) is 0 Å². The molecule has 0 spiro atoms. The van der Waals surface area contributed by atoms with Crippen LogP contribution in [-0.2, 0) is 11.3 Å². The van der Waals surface area contributed by atoms with Crippen LogP contribution in [0.1, 0.15) is 83.1 Å². The van der Waals surface area contributed by atoms with Gasteiger partial charge in [0, 0.05) is 12.1 Å². The van der Waals surface area contributed by atoms with Gasteiger partial charge in [-0.3, -0.25) is 4.79 Å². The van der Waals surface area contributed by atoms with E-state index in [9.17, 15) is 9.90 Å². The van der Waals surface area contributed by atoms with Crippen LogP contribution < -0.4 is 10.1 Å². The Bertz CT molecular complexity index is 951. The Labute approximate surface area is 191 Å². The fraction of sp³-hybridized carbons (Fsp3) is 0.607. The van der Waals surface area contributed by atoms with Crippen molar-refractivity contribution in [1.82, 2.24) is 5.32 Å². The molecule has 0 heterocycles. The van der Waals surface area contributed by atoms with E-state index in [1.165, 1.54) is 48.4 Å². The van der Waals surface area contributed by atoms with Gasteiger partial charge in [0.25, 0.3) is 0 Å². The van der Waals surface area contributed by atoms with E-state index in [0.29, 0.717) is 6.10 Å². The summed E-state index contributed by atoms with van der Waals surface area (Å²) in [4.78, 5) is 11.7. The molecule has 4 aliphatic carbocycles. The summed E-state index contributed by atoms with van der Waals surface area (Å²) in [6, 6.07) is 13.2. The van der Waals surface area contributed by atoms with E-state index in [0.717, 1.165) is 56.7 Å². The van der Waals surface area contributed by atoms with Crippen LogP contribution in [0.2, 0.25) is 0 Å². The molecular formula is C28H37NO3. The molecular weight excluding hydrogens is 398 g/mol. The molecule has 2 aromatic carbocycles. The Morgan fingerprint density at radius 2 is 1.62 bits per heavy atom. The molecule has 4 nitrogen and oxygen atoms in total. The van der Waals surface area contributed by atoms with E-state index in [2.05, 4.69) is 48.6 Å². The second-order valence-electron chi connectivity index (χ2n) is 10.7. The number of hydrogen-bond donors (Lipinski definition) is 2. The molecule has 172 valence electrons. The average Bonchev–Trinajstić information content (AvgIpc) is 2.84. The van der Waals surface area contributed by atoms with Crippen LogP contribution in [0.3, 0.4) is 0 Å². The lowest BCUT2D eigenvalue weighted by molar-refractivity contribution is -0.156. The van der Waals surface area contributed by atoms with Gasteiger partial charge in [0.2, 0.25) is 0 Å². The molecule has 4 saturated carbocycles. The Hall–Kier alpha value is -2.07. The van der Waals surface area contributed by atoms with Gasteiger partial charge >= 0.3 is 5.97 Å². The van der Waals surface area contributed by atoms with Crippen molar-refractivity contribution >= 4 is 16.7 Å². The van der Waals surface area contributed by atoms with Gasteiger partial charge < -0.3 is 15.2 Å². The lowest BCUT2D eigenvalue weighted by Crippen LogP contribution is -2.56. The molecule has 0 saturated heterocycles. The topological polar surface area (TPSA) is 58.6 Å². The maximum atomic E-state index is 11.7. The summed E-state index contributed by atoms with van der Waals surface area (Å²) in [6.45, 7) is 3.14. The van der Waals surface area contributed by atoms with Crippen molar-refractivity contribution in [1.29, 1.82) is 0 Å². The van der Waals surface area contributed by atoms with E-state index >= 15 is 0 Å². The monoisotopic (exact) mass is 435 g/mol. The summed E-state index contributed by atoms with van der Waals surface area (Å²) >= 11 is 0. The quantitative estimate of drug-likeness (QED) is 0.524. The molecule has 0 atom stereocenters. The number of carboxylic acids is 1. The second kappa shape index (κ2) is 8.70. The SMILES string of the molecule is CC[C@H]1CC[C@@H](Oc2ccc3cc(CNC45CCC(C(=O)O)(CC4)CC5)ccc3c2)CC1. The standard InChI is InChI=1S/C28H37NO3/c1-2-20-4-8-24(9-5-20)32-25-10-7-22-17-21(3-6-23(22)18-25)19-29-28-14-11-27(12-15-28,13-16-28)26(30)31/h3,6-7,10,17-18,20,24,29H,2,4-5,8-9,11-16,19H2,1H3,(H,30,31)/t20-,24+,27?,28?. The van der Waals surface area contributed by atoms with Crippen LogP contribution in [0.25, 0.3) is 10.8 Å². The summed E-state index contributed by atoms with van der Waals surface area (Å²) in [6.07, 6.45) is 12.0. The number of carboxylic acid groups (broad SMARTS) is 1. The molecule has 2 aromatic rings. The van der Waals surface area contributed by atoms with Crippen molar-refractivity contribution in [2.45, 2.75) is 95.7 Å². The van der Waals surface area contributed by atoms with E-state index in [1.54, 1.807) is 0 Å². The van der Waals surface area contributed by atoms with Crippen molar-refractivity contribution in [2.24, 2.45) is 11.3 Å². The largest absolute Gasteiger partial charge is 0.490 e. The molecule has 6 rings (SSSR count). The predicted molar refractivity (Wildman–Crippen MR) is 128 cm³/mol. The summed E-state index contributed by atoms with van der Waals surface area (Å²) in [5.74, 6) is 1.30. The van der Waals surface area contributed by atoms with Gasteiger partial charge in [-0.2, -0.15) is 0 Å². The minimum atomic E-state index is -0.586. The van der Waals surface area contributed by atoms with E-state index in [4.69, 9.17) is 4.74 Å². The molecule has 4 aliphatic rings. The average molecular weight is 436 g/mol. The number of ether oxygens (including phenoxy) is 1. The lowest BCUT2D eigenvalue weighted by atomic mass is 9.57. The molecule has 0 amide bonds. The number of fused-ring (bicyclic) bond motifs is 4. The first kappa shape index (κ1) is 21.8. The van der Waals surface area contributed by atoms with Crippen LogP contribution in [-0.4, -0.2) is 22.7 Å². The minimum absolute atomic E-state index is 0.126. The zero-order chi connectivity index (χ0) is 22.2. The first-order valence-corrected chi connectivity index (χ1v) is 12.7. The van der Waals surface area contributed by atoms with Gasteiger partial charge in [-0.1, -0.05) is 31.5 Å². The Balaban J connectivity index is 1.19. The molecule has 0 aromatic heterocycles. The lowest BCUT2D eigenvalue weighted by Gasteiger charge is -2.51. The molecule has 0 radical (unpaired) electrons. The van der Waals surface area contributed by atoms with Gasteiger partial charge in [0.15, 0.2) is 0 Å². The summed E-state index contributed by atoms with van der Waals surface area (Å²) < 4.78 is 6.32. The van der Waals surface area contributed by atoms with Crippen molar-refractivity contribution in [3.8, 4) is 5.75 Å². The number of nitrogens with one attached hydrogen (secondary N) is 1. The second-order valence-corrected chi connectivity index (χ2v) is 10.7. The summed E-state index contributed by atoms with van der Waals surface area (Å²) in [7, 11) is 0. The molecule has 0 aliphatic heterocycles. The van der Waals surface area contributed by atoms with Gasteiger partial charge in [-0.15, -0.1) is 0 Å². The fourth-order valence-electron chi connectivity index (χ4n) is 6.37. The van der Waals surface area contributed by atoms with Crippen molar-refractivity contribution < 1.29 is 14.6 Å². The van der Waals surface area contributed by atoms with E-state index in [-0.39, 0.29) is 5.54 Å². The molecule has 2 bridgehead atoms. The smallest absolute Gasteiger partial charge is 0.309 e. The van der Waals surface area contributed by atoms with Crippen LogP contribution >= 0.6 is 0 Å². The van der Waals surface area contributed by atoms with E-state index < -0.39 is 11.4 Å². The third-order valence-electron chi connectivity index (χ3n) is 8.92. The first-order chi connectivity index (χ1) is 15.5. The Morgan fingerprint density at radius 1 is 0.969 bits per heavy atom. The van der Waals surface area contributed by atoms with Crippen molar-refractivity contribution in [3.05, 3.63) is 42.0 Å². The predicted octanol–water partition coefficient (Wildman–Crippen LogP) is 6.45. The van der Waals surface area contributed by atoms with Crippen molar-refractivity contribution in [2.75, 3.05) is 0 Å². The molecule has 32 heavy (non-hydrogen) atoms. The molecule has 0 unspecified atom stereocenters. The minimum Gasteiger partial charge on any atom is -0.490 e. The highest BCUT2D eigenvalue weighted by Crippen LogP contribution is 2.52. The number of benzene rings is 2. The Morgan fingerprint density at radius 3 is 2.28 bits per heavy atom.